The molecule has 2 aromatic carbocycles. The lowest BCUT2D eigenvalue weighted by atomic mass is 9.99. The van der Waals surface area contributed by atoms with E-state index in [1.54, 1.807) is 26.0 Å². The van der Waals surface area contributed by atoms with Crippen molar-refractivity contribution >= 4 is 31.6 Å². The first-order valence-electron chi connectivity index (χ1n) is 12.1. The second kappa shape index (κ2) is 12.1. The SMILES string of the molecule is CCN(CC)S(=O)(=O)c1ccc(NC(=O)[C@H]2CCCN(S(=O)(=O)CCCc3ccccc3)C2)cc1. The Kier molecular flexibility index (Phi) is 9.46. The molecule has 1 atom stereocenters. The van der Waals surface area contributed by atoms with Crippen LogP contribution in [-0.2, 0) is 31.3 Å². The summed E-state index contributed by atoms with van der Waals surface area (Å²) in [5, 5.41) is 2.82. The normalized spacial score (nSPS) is 17.4. The van der Waals surface area contributed by atoms with E-state index >= 15 is 0 Å². The zero-order valence-electron chi connectivity index (χ0n) is 20.4. The van der Waals surface area contributed by atoms with E-state index in [0.29, 0.717) is 51.0 Å². The molecule has 0 aromatic heterocycles. The first-order chi connectivity index (χ1) is 16.7. The number of amides is 1. The highest BCUT2D eigenvalue weighted by molar-refractivity contribution is 7.89. The lowest BCUT2D eigenvalue weighted by molar-refractivity contribution is -0.120. The number of piperidine rings is 1. The molecule has 1 aliphatic heterocycles. The number of nitrogens with zero attached hydrogens (tertiary/aromatic N) is 2. The van der Waals surface area contributed by atoms with Crippen LogP contribution < -0.4 is 5.32 Å². The third-order valence-electron chi connectivity index (χ3n) is 6.32. The van der Waals surface area contributed by atoms with Gasteiger partial charge in [-0.2, -0.15) is 4.31 Å². The summed E-state index contributed by atoms with van der Waals surface area (Å²) in [5.41, 5.74) is 1.59. The minimum absolute atomic E-state index is 0.0543. The molecule has 1 aliphatic rings. The summed E-state index contributed by atoms with van der Waals surface area (Å²) in [6.45, 7) is 4.91. The highest BCUT2D eigenvalue weighted by atomic mass is 32.2. The molecule has 35 heavy (non-hydrogen) atoms. The maximum atomic E-state index is 12.9. The van der Waals surface area contributed by atoms with Gasteiger partial charge < -0.3 is 5.32 Å². The molecule has 0 aliphatic carbocycles. The Morgan fingerprint density at radius 2 is 1.66 bits per heavy atom. The van der Waals surface area contributed by atoms with Crippen LogP contribution in [0, 0.1) is 5.92 Å². The zero-order chi connectivity index (χ0) is 25.5. The summed E-state index contributed by atoms with van der Waals surface area (Å²) in [7, 11) is -7.01. The molecule has 1 amide bonds. The number of hydrogen-bond acceptors (Lipinski definition) is 5. The number of sulfonamides is 2. The number of carbonyl (C=O) groups is 1. The van der Waals surface area contributed by atoms with Gasteiger partial charge in [-0.25, -0.2) is 21.1 Å². The Morgan fingerprint density at radius 3 is 2.29 bits per heavy atom. The third kappa shape index (κ3) is 7.13. The molecule has 1 N–H and O–H groups in total. The average molecular weight is 522 g/mol. The van der Waals surface area contributed by atoms with Gasteiger partial charge in [0.25, 0.3) is 0 Å². The van der Waals surface area contributed by atoms with Crippen molar-refractivity contribution in [1.82, 2.24) is 8.61 Å². The summed E-state index contributed by atoms with van der Waals surface area (Å²) in [4.78, 5) is 13.0. The minimum atomic E-state index is -3.57. The van der Waals surface area contributed by atoms with Crippen molar-refractivity contribution < 1.29 is 21.6 Å². The van der Waals surface area contributed by atoms with E-state index in [0.717, 1.165) is 5.56 Å². The number of carbonyl (C=O) groups excluding carboxylic acids is 1. The molecule has 192 valence electrons. The van der Waals surface area contributed by atoms with Crippen molar-refractivity contribution in [3.05, 3.63) is 60.2 Å². The maximum Gasteiger partial charge on any atom is 0.243 e. The molecular weight excluding hydrogens is 486 g/mol. The van der Waals surface area contributed by atoms with Gasteiger partial charge in [0.1, 0.15) is 0 Å². The lowest BCUT2D eigenvalue weighted by Gasteiger charge is -2.31. The van der Waals surface area contributed by atoms with Crippen molar-refractivity contribution in [3.63, 3.8) is 0 Å². The second-order valence-electron chi connectivity index (χ2n) is 8.71. The molecule has 1 heterocycles. The Hall–Kier alpha value is -2.27. The molecule has 2 aromatic rings. The molecule has 1 fully saturated rings. The van der Waals surface area contributed by atoms with Crippen molar-refractivity contribution in [2.24, 2.45) is 5.92 Å². The predicted molar refractivity (Wildman–Crippen MR) is 138 cm³/mol. The fourth-order valence-electron chi connectivity index (χ4n) is 4.31. The highest BCUT2D eigenvalue weighted by Gasteiger charge is 2.32. The Morgan fingerprint density at radius 1 is 1.00 bits per heavy atom. The second-order valence-corrected chi connectivity index (χ2v) is 12.7. The van der Waals surface area contributed by atoms with E-state index in [1.165, 1.54) is 20.7 Å². The van der Waals surface area contributed by atoms with Crippen LogP contribution in [0.2, 0.25) is 0 Å². The Labute approximate surface area is 209 Å². The van der Waals surface area contributed by atoms with Crippen LogP contribution in [0.4, 0.5) is 5.69 Å². The van der Waals surface area contributed by atoms with Gasteiger partial charge >= 0.3 is 0 Å². The standard InChI is InChI=1S/C25H35N3O5S2/c1-3-27(4-2)35(32,33)24-16-14-23(15-17-24)26-25(29)22-13-8-18-28(20-22)34(30,31)19-9-12-21-10-6-5-7-11-21/h5-7,10-11,14-17,22H,3-4,8-9,12-13,18-20H2,1-2H3,(H,26,29)/t22-/m0/s1. The summed E-state index contributed by atoms with van der Waals surface area (Å²) in [5.74, 6) is -0.654. The monoisotopic (exact) mass is 521 g/mol. The van der Waals surface area contributed by atoms with Crippen LogP contribution in [0.1, 0.15) is 38.7 Å². The summed E-state index contributed by atoms with van der Waals surface area (Å²) in [6, 6.07) is 15.9. The Balaban J connectivity index is 1.57. The van der Waals surface area contributed by atoms with Gasteiger partial charge in [0.15, 0.2) is 0 Å². The molecule has 8 nitrogen and oxygen atoms in total. The van der Waals surface area contributed by atoms with Gasteiger partial charge in [0.2, 0.25) is 26.0 Å². The fourth-order valence-corrected chi connectivity index (χ4v) is 7.35. The highest BCUT2D eigenvalue weighted by Crippen LogP contribution is 2.23. The van der Waals surface area contributed by atoms with E-state index in [2.05, 4.69) is 5.32 Å². The van der Waals surface area contributed by atoms with Gasteiger partial charge in [0.05, 0.1) is 16.6 Å². The van der Waals surface area contributed by atoms with Crippen LogP contribution in [0.25, 0.3) is 0 Å². The van der Waals surface area contributed by atoms with Crippen LogP contribution in [0.3, 0.4) is 0 Å². The zero-order valence-corrected chi connectivity index (χ0v) is 22.0. The summed E-state index contributed by atoms with van der Waals surface area (Å²) in [6.07, 6.45) is 2.45. The molecular formula is C25H35N3O5S2. The molecule has 0 saturated carbocycles. The van der Waals surface area contributed by atoms with Crippen molar-refractivity contribution in [2.45, 2.75) is 44.4 Å². The number of rotatable bonds is 11. The lowest BCUT2D eigenvalue weighted by Crippen LogP contribution is -2.44. The molecule has 0 bridgehead atoms. The van der Waals surface area contributed by atoms with Gasteiger partial charge in [0, 0.05) is 31.9 Å². The number of hydrogen-bond donors (Lipinski definition) is 1. The number of aryl methyl sites for hydroxylation is 1. The van der Waals surface area contributed by atoms with E-state index in [9.17, 15) is 21.6 Å². The van der Waals surface area contributed by atoms with E-state index in [1.807, 2.05) is 30.3 Å². The van der Waals surface area contributed by atoms with Gasteiger partial charge in [-0.1, -0.05) is 44.2 Å². The smallest absolute Gasteiger partial charge is 0.243 e. The number of nitrogens with one attached hydrogen (secondary N) is 1. The van der Waals surface area contributed by atoms with E-state index in [-0.39, 0.29) is 23.1 Å². The van der Waals surface area contributed by atoms with Crippen LogP contribution in [-0.4, -0.2) is 63.3 Å². The molecule has 1 saturated heterocycles. The average Bonchev–Trinajstić information content (AvgIpc) is 2.85. The Bertz CT molecular complexity index is 1180. The van der Waals surface area contributed by atoms with E-state index in [4.69, 9.17) is 0 Å². The largest absolute Gasteiger partial charge is 0.326 e. The first-order valence-corrected chi connectivity index (χ1v) is 15.1. The summed E-state index contributed by atoms with van der Waals surface area (Å²) < 4.78 is 53.8. The van der Waals surface area contributed by atoms with Gasteiger partial charge in [-0.3, -0.25) is 4.79 Å². The van der Waals surface area contributed by atoms with Crippen LogP contribution in [0.5, 0.6) is 0 Å². The van der Waals surface area contributed by atoms with Crippen molar-refractivity contribution in [2.75, 3.05) is 37.2 Å². The topological polar surface area (TPSA) is 104 Å². The molecule has 0 unspecified atom stereocenters. The first kappa shape index (κ1) is 27.3. The third-order valence-corrected chi connectivity index (χ3v) is 10.3. The van der Waals surface area contributed by atoms with Gasteiger partial charge in [-0.05, 0) is 55.5 Å². The van der Waals surface area contributed by atoms with Crippen LogP contribution >= 0.6 is 0 Å². The quantitative estimate of drug-likeness (QED) is 0.489. The molecule has 3 rings (SSSR count). The number of benzene rings is 2. The molecule has 0 spiro atoms. The van der Waals surface area contributed by atoms with Gasteiger partial charge in [-0.15, -0.1) is 0 Å². The summed E-state index contributed by atoms with van der Waals surface area (Å²) >= 11 is 0. The molecule has 10 heteroatoms. The van der Waals surface area contributed by atoms with Crippen LogP contribution in [0.15, 0.2) is 59.5 Å². The molecule has 0 radical (unpaired) electrons. The van der Waals surface area contributed by atoms with E-state index < -0.39 is 26.0 Å². The number of anilines is 1. The minimum Gasteiger partial charge on any atom is -0.326 e. The van der Waals surface area contributed by atoms with Crippen molar-refractivity contribution in [1.29, 1.82) is 0 Å². The van der Waals surface area contributed by atoms with Crippen molar-refractivity contribution in [3.8, 4) is 0 Å². The maximum absolute atomic E-state index is 12.9. The fraction of sp³-hybridized carbons (Fsp3) is 0.480. The predicted octanol–water partition coefficient (Wildman–Crippen LogP) is 3.33.